The van der Waals surface area contributed by atoms with Gasteiger partial charge in [0.05, 0.1) is 11.8 Å². The van der Waals surface area contributed by atoms with Gasteiger partial charge in [-0.1, -0.05) is 41.4 Å². The number of rotatable bonds is 7. The van der Waals surface area contributed by atoms with Gasteiger partial charge < -0.3 is 14.0 Å². The maximum absolute atomic E-state index is 6.21. The van der Waals surface area contributed by atoms with Gasteiger partial charge >= 0.3 is 7.32 Å². The molecule has 3 aromatic rings. The fourth-order valence-corrected chi connectivity index (χ4v) is 2.79. The summed E-state index contributed by atoms with van der Waals surface area (Å²) in [7, 11) is -1.02. The molecule has 0 saturated carbocycles. The van der Waals surface area contributed by atoms with Crippen LogP contribution in [0.25, 0.3) is 0 Å². The number of aromatic nitrogens is 1. The summed E-state index contributed by atoms with van der Waals surface area (Å²) in [6.07, 6.45) is 1.36. The quantitative estimate of drug-likeness (QED) is 0.429. The van der Waals surface area contributed by atoms with Crippen molar-refractivity contribution in [2.24, 2.45) is 0 Å². The molecule has 0 N–H and O–H groups in total. The van der Waals surface area contributed by atoms with E-state index in [1.165, 1.54) is 0 Å². The first-order valence-electron chi connectivity index (χ1n) is 8.84. The van der Waals surface area contributed by atoms with Crippen LogP contribution in [0, 0.1) is 13.8 Å². The first kappa shape index (κ1) is 20.5. The SMILES string of the molecule is Cc1ccc(OB(Oc2ccc(C)c(Cl)c2)OC(C)c2ccccn2)cc1Cl. The van der Waals surface area contributed by atoms with Crippen molar-refractivity contribution in [2.75, 3.05) is 0 Å². The Morgan fingerprint density at radius 3 is 1.89 bits per heavy atom. The number of nitrogens with zero attached hydrogens (tertiary/aromatic N) is 1. The highest BCUT2D eigenvalue weighted by molar-refractivity contribution is 6.39. The third-order valence-corrected chi connectivity index (χ3v) is 4.99. The highest BCUT2D eigenvalue weighted by Crippen LogP contribution is 2.26. The second kappa shape index (κ2) is 9.33. The highest BCUT2D eigenvalue weighted by Gasteiger charge is 2.31. The molecule has 0 fully saturated rings. The molecule has 0 aliphatic heterocycles. The zero-order valence-corrected chi connectivity index (χ0v) is 17.4. The van der Waals surface area contributed by atoms with Gasteiger partial charge in [-0.3, -0.25) is 4.98 Å². The van der Waals surface area contributed by atoms with E-state index in [-0.39, 0.29) is 6.10 Å². The van der Waals surface area contributed by atoms with E-state index in [4.69, 9.17) is 37.2 Å². The lowest BCUT2D eigenvalue weighted by molar-refractivity contribution is 0.140. The predicted octanol–water partition coefficient (Wildman–Crippen LogP) is 6.23. The molecule has 0 amide bonds. The molecule has 144 valence electrons. The van der Waals surface area contributed by atoms with Gasteiger partial charge in [0.2, 0.25) is 0 Å². The van der Waals surface area contributed by atoms with Gasteiger partial charge in [-0.15, -0.1) is 0 Å². The largest absolute Gasteiger partial charge is 0.788 e. The third kappa shape index (κ3) is 5.41. The molecule has 2 aromatic carbocycles. The van der Waals surface area contributed by atoms with Crippen LogP contribution in [0.1, 0.15) is 29.8 Å². The van der Waals surface area contributed by atoms with Crippen molar-refractivity contribution in [3.05, 3.63) is 87.7 Å². The van der Waals surface area contributed by atoms with E-state index in [1.807, 2.05) is 63.2 Å². The predicted molar refractivity (Wildman–Crippen MR) is 113 cm³/mol. The molecule has 3 rings (SSSR count). The molecule has 1 aromatic heterocycles. The number of benzene rings is 2. The van der Waals surface area contributed by atoms with E-state index in [1.54, 1.807) is 18.3 Å². The van der Waals surface area contributed by atoms with Crippen LogP contribution in [0.15, 0.2) is 60.8 Å². The van der Waals surface area contributed by atoms with Crippen LogP contribution >= 0.6 is 23.2 Å². The van der Waals surface area contributed by atoms with Gasteiger partial charge in [0.15, 0.2) is 0 Å². The lowest BCUT2D eigenvalue weighted by atomic mass is 10.1. The maximum atomic E-state index is 6.21. The standard InChI is InChI=1S/C21H20BCl2NO3/c1-14-7-9-17(12-19(14)23)27-22(26-16(3)21-6-4-5-11-25-21)28-18-10-8-15(2)20(24)13-18/h4-13,16H,1-3H3. The van der Waals surface area contributed by atoms with Crippen molar-refractivity contribution in [1.82, 2.24) is 4.98 Å². The Balaban J connectivity index is 1.81. The first-order valence-corrected chi connectivity index (χ1v) is 9.60. The Labute approximate surface area is 175 Å². The van der Waals surface area contributed by atoms with Gasteiger partial charge in [-0.2, -0.15) is 0 Å². The molecule has 4 nitrogen and oxygen atoms in total. The molecule has 0 bridgehead atoms. The van der Waals surface area contributed by atoms with E-state index >= 15 is 0 Å². The summed E-state index contributed by atoms with van der Waals surface area (Å²) >= 11 is 12.4. The molecule has 0 aliphatic carbocycles. The summed E-state index contributed by atoms with van der Waals surface area (Å²) in [4.78, 5) is 4.32. The van der Waals surface area contributed by atoms with Gasteiger partial charge in [0.1, 0.15) is 11.5 Å². The molecule has 28 heavy (non-hydrogen) atoms. The molecule has 1 heterocycles. The van der Waals surface area contributed by atoms with E-state index in [0.717, 1.165) is 16.8 Å². The smallest absolute Gasteiger partial charge is 0.501 e. The lowest BCUT2D eigenvalue weighted by Crippen LogP contribution is -2.35. The minimum atomic E-state index is -1.02. The Morgan fingerprint density at radius 2 is 1.43 bits per heavy atom. The minimum absolute atomic E-state index is 0.354. The number of halogens is 2. The van der Waals surface area contributed by atoms with Crippen LogP contribution < -0.4 is 9.31 Å². The van der Waals surface area contributed by atoms with E-state index in [9.17, 15) is 0 Å². The fourth-order valence-electron chi connectivity index (χ4n) is 2.45. The van der Waals surface area contributed by atoms with Crippen molar-refractivity contribution in [1.29, 1.82) is 0 Å². The Hall–Kier alpha value is -2.21. The van der Waals surface area contributed by atoms with Crippen LogP contribution in [0.2, 0.25) is 10.0 Å². The molecule has 0 saturated heterocycles. The number of hydrogen-bond acceptors (Lipinski definition) is 4. The average Bonchev–Trinajstić information content (AvgIpc) is 2.68. The molecule has 0 spiro atoms. The summed E-state index contributed by atoms with van der Waals surface area (Å²) in [5, 5.41) is 1.21. The molecule has 7 heteroatoms. The summed E-state index contributed by atoms with van der Waals surface area (Å²) in [6.45, 7) is 5.73. The van der Waals surface area contributed by atoms with Crippen molar-refractivity contribution < 1.29 is 14.0 Å². The molecule has 0 aliphatic rings. The Bertz CT molecular complexity index is 887. The molecular formula is C21H20BCl2NO3. The van der Waals surface area contributed by atoms with Gasteiger partial charge in [-0.25, -0.2) is 0 Å². The summed E-state index contributed by atoms with van der Waals surface area (Å²) in [6, 6.07) is 16.5. The van der Waals surface area contributed by atoms with Crippen LogP contribution in [0.5, 0.6) is 11.5 Å². The molecule has 1 atom stereocenters. The highest BCUT2D eigenvalue weighted by atomic mass is 35.5. The van der Waals surface area contributed by atoms with E-state index < -0.39 is 7.32 Å². The van der Waals surface area contributed by atoms with E-state index in [2.05, 4.69) is 4.98 Å². The second-order valence-corrected chi connectivity index (χ2v) is 7.19. The average molecular weight is 416 g/mol. The van der Waals surface area contributed by atoms with Crippen LogP contribution in [-0.4, -0.2) is 12.3 Å². The van der Waals surface area contributed by atoms with Crippen LogP contribution in [0.4, 0.5) is 0 Å². The Kier molecular flexibility index (Phi) is 6.84. The Morgan fingerprint density at radius 1 is 0.857 bits per heavy atom. The monoisotopic (exact) mass is 415 g/mol. The first-order chi connectivity index (χ1) is 13.4. The third-order valence-electron chi connectivity index (χ3n) is 4.17. The maximum Gasteiger partial charge on any atom is 0.788 e. The number of aryl methyl sites for hydroxylation is 2. The van der Waals surface area contributed by atoms with Crippen molar-refractivity contribution in [3.63, 3.8) is 0 Å². The van der Waals surface area contributed by atoms with Crippen molar-refractivity contribution in [2.45, 2.75) is 26.9 Å². The molecule has 1 unspecified atom stereocenters. The van der Waals surface area contributed by atoms with Crippen molar-refractivity contribution in [3.8, 4) is 11.5 Å². The second-order valence-electron chi connectivity index (χ2n) is 6.38. The molecule has 0 radical (unpaired) electrons. The van der Waals surface area contributed by atoms with E-state index in [0.29, 0.717) is 21.5 Å². The van der Waals surface area contributed by atoms with Gasteiger partial charge in [0, 0.05) is 16.2 Å². The number of pyridine rings is 1. The zero-order chi connectivity index (χ0) is 20.1. The summed E-state index contributed by atoms with van der Waals surface area (Å²) in [5.41, 5.74) is 2.68. The molecular weight excluding hydrogens is 396 g/mol. The fraction of sp³-hybridized carbons (Fsp3) is 0.190. The van der Waals surface area contributed by atoms with Crippen LogP contribution in [0.3, 0.4) is 0 Å². The summed E-state index contributed by atoms with van der Waals surface area (Å²) < 4.78 is 17.8. The zero-order valence-electron chi connectivity index (χ0n) is 15.9. The normalized spacial score (nSPS) is 11.8. The number of hydrogen-bond donors (Lipinski definition) is 0. The summed E-state index contributed by atoms with van der Waals surface area (Å²) in [5.74, 6) is 1.07. The topological polar surface area (TPSA) is 40.6 Å². The van der Waals surface area contributed by atoms with Gasteiger partial charge in [0.25, 0.3) is 0 Å². The van der Waals surface area contributed by atoms with Crippen LogP contribution in [-0.2, 0) is 4.65 Å². The lowest BCUT2D eigenvalue weighted by Gasteiger charge is -2.20. The van der Waals surface area contributed by atoms with Crippen molar-refractivity contribution >= 4 is 30.5 Å². The van der Waals surface area contributed by atoms with Gasteiger partial charge in [-0.05, 0) is 68.3 Å². The minimum Gasteiger partial charge on any atom is -0.501 e.